The molecule has 0 aliphatic carbocycles. The first kappa shape index (κ1) is 22.5. The van der Waals surface area contributed by atoms with E-state index >= 15 is 0 Å². The largest absolute Gasteiger partial charge is 0.427 e. The Bertz CT molecular complexity index is 1450. The van der Waals surface area contributed by atoms with Gasteiger partial charge in [-0.3, -0.25) is 0 Å². The summed E-state index contributed by atoms with van der Waals surface area (Å²) in [7, 11) is 1.75. The summed E-state index contributed by atoms with van der Waals surface area (Å²) >= 11 is 0. The molecule has 1 aromatic heterocycles. The Morgan fingerprint density at radius 2 is 1.41 bits per heavy atom. The van der Waals surface area contributed by atoms with Gasteiger partial charge in [0.2, 0.25) is 0 Å². The first-order valence-corrected chi connectivity index (χ1v) is 11.7. The fourth-order valence-corrected chi connectivity index (χ4v) is 4.22. The van der Waals surface area contributed by atoms with Gasteiger partial charge in [0, 0.05) is 22.0 Å². The van der Waals surface area contributed by atoms with Gasteiger partial charge < -0.3 is 14.3 Å². The molecule has 5 aromatic rings. The van der Waals surface area contributed by atoms with E-state index in [0.717, 1.165) is 22.1 Å². The molecule has 0 aliphatic rings. The van der Waals surface area contributed by atoms with Crippen LogP contribution in [0, 0.1) is 0 Å². The molecule has 0 unspecified atom stereocenters. The molecule has 0 spiro atoms. The highest BCUT2D eigenvalue weighted by molar-refractivity contribution is 6.47. The first-order chi connectivity index (χ1) is 16.3. The topological polar surface area (TPSA) is 34.4 Å². The van der Waals surface area contributed by atoms with E-state index in [4.69, 9.17) is 4.65 Å². The van der Waals surface area contributed by atoms with Gasteiger partial charge in [0.1, 0.15) is 0 Å². The van der Waals surface area contributed by atoms with Gasteiger partial charge in [-0.25, -0.2) is 0 Å². The second-order valence-corrected chi connectivity index (χ2v) is 9.82. The van der Waals surface area contributed by atoms with Crippen molar-refractivity contribution < 1.29 is 9.76 Å². The number of aromatic nitrogens is 1. The molecule has 1 N–H and O–H groups in total. The zero-order chi connectivity index (χ0) is 23.9. The van der Waals surface area contributed by atoms with Crippen LogP contribution in [-0.2, 0) is 4.65 Å². The van der Waals surface area contributed by atoms with Crippen LogP contribution < -0.4 is 5.46 Å². The summed E-state index contributed by atoms with van der Waals surface area (Å²) < 4.78 is 8.39. The molecule has 0 saturated carbocycles. The van der Waals surface area contributed by atoms with Gasteiger partial charge >= 0.3 is 7.48 Å². The fourth-order valence-electron chi connectivity index (χ4n) is 4.22. The smallest absolute Gasteiger partial charge is 0.330 e. The van der Waals surface area contributed by atoms with Crippen molar-refractivity contribution in [3.8, 4) is 16.8 Å². The molecule has 0 aliphatic heterocycles. The van der Waals surface area contributed by atoms with E-state index in [9.17, 15) is 5.11 Å². The number of fused-ring (bicyclic) bond motifs is 3. The summed E-state index contributed by atoms with van der Waals surface area (Å²) in [6, 6.07) is 33.9. The van der Waals surface area contributed by atoms with Crippen LogP contribution in [0.1, 0.15) is 27.7 Å². The van der Waals surface area contributed by atoms with Gasteiger partial charge in [0.05, 0.1) is 22.2 Å². The highest BCUT2D eigenvalue weighted by Gasteiger charge is 2.35. The van der Waals surface area contributed by atoms with Crippen molar-refractivity contribution in [2.75, 3.05) is 0 Å². The Balaban J connectivity index is 1.71. The summed E-state index contributed by atoms with van der Waals surface area (Å²) in [5.41, 5.74) is 5.11. The van der Waals surface area contributed by atoms with E-state index in [0.29, 0.717) is 0 Å². The van der Waals surface area contributed by atoms with Crippen LogP contribution in [0.5, 0.6) is 0 Å². The summed E-state index contributed by atoms with van der Waals surface area (Å²) in [4.78, 5) is 0. The van der Waals surface area contributed by atoms with E-state index in [-0.39, 0.29) is 0 Å². The molecule has 3 nitrogen and oxygen atoms in total. The highest BCUT2D eigenvalue weighted by Crippen LogP contribution is 2.37. The summed E-state index contributed by atoms with van der Waals surface area (Å²) in [5, 5.41) is 12.8. The van der Waals surface area contributed by atoms with Crippen molar-refractivity contribution >= 4 is 34.8 Å². The molecule has 0 atom stereocenters. The summed E-state index contributed by atoms with van der Waals surface area (Å²) in [6.07, 6.45) is 0. The Morgan fingerprint density at radius 3 is 2.09 bits per heavy atom. The van der Waals surface area contributed by atoms with Crippen LogP contribution >= 0.6 is 0 Å². The van der Waals surface area contributed by atoms with Crippen molar-refractivity contribution in [2.24, 2.45) is 0 Å². The second-order valence-electron chi connectivity index (χ2n) is 9.82. The zero-order valence-electron chi connectivity index (χ0n) is 20.1. The van der Waals surface area contributed by atoms with Crippen molar-refractivity contribution in [1.29, 1.82) is 0 Å². The molecule has 169 valence electrons. The molecular weight excluding hydrogens is 417 g/mol. The molecular formula is C30H29BNO2. The minimum absolute atomic E-state index is 0.722. The average Bonchev–Trinajstić information content (AvgIpc) is 3.17. The van der Waals surface area contributed by atoms with E-state index < -0.39 is 11.2 Å². The number of benzene rings is 4. The van der Waals surface area contributed by atoms with E-state index in [1.807, 2.05) is 26.0 Å². The Hall–Kier alpha value is -3.34. The molecule has 4 heteroatoms. The number of hydrogen-bond acceptors (Lipinski definition) is 2. The highest BCUT2D eigenvalue weighted by atomic mass is 16.5. The van der Waals surface area contributed by atoms with Gasteiger partial charge in [-0.1, -0.05) is 84.3 Å². The van der Waals surface area contributed by atoms with E-state index in [1.165, 1.54) is 22.0 Å². The number of aliphatic hydroxyl groups is 1. The first-order valence-electron chi connectivity index (χ1n) is 11.7. The van der Waals surface area contributed by atoms with Crippen molar-refractivity contribution in [1.82, 2.24) is 4.57 Å². The van der Waals surface area contributed by atoms with E-state index in [1.54, 1.807) is 21.3 Å². The molecule has 0 amide bonds. The SMILES string of the molecule is CC(C)(O)C(C)(C)O[B]c1ccc2c(c1)c1cccc(-c3ccccc3)c1n2-c1ccccc1. The van der Waals surface area contributed by atoms with Gasteiger partial charge in [-0.2, -0.15) is 0 Å². The quantitative estimate of drug-likeness (QED) is 0.313. The number of hydrogen-bond donors (Lipinski definition) is 1. The average molecular weight is 446 g/mol. The maximum absolute atomic E-state index is 10.5. The second kappa shape index (κ2) is 8.46. The molecule has 1 radical (unpaired) electrons. The number of rotatable bonds is 6. The monoisotopic (exact) mass is 446 g/mol. The molecule has 0 fully saturated rings. The number of nitrogens with zero attached hydrogens (tertiary/aromatic N) is 1. The van der Waals surface area contributed by atoms with E-state index in [2.05, 4.69) is 89.5 Å². The van der Waals surface area contributed by atoms with Crippen LogP contribution in [0.2, 0.25) is 0 Å². The van der Waals surface area contributed by atoms with Crippen LogP contribution in [0.25, 0.3) is 38.6 Å². The minimum atomic E-state index is -0.971. The van der Waals surface area contributed by atoms with Gasteiger partial charge in [-0.15, -0.1) is 0 Å². The maximum Gasteiger partial charge on any atom is 0.330 e. The lowest BCUT2D eigenvalue weighted by Gasteiger charge is -2.37. The third kappa shape index (κ3) is 3.94. The third-order valence-electron chi connectivity index (χ3n) is 6.87. The lowest BCUT2D eigenvalue weighted by atomic mass is 9.82. The predicted molar refractivity (Wildman–Crippen MR) is 143 cm³/mol. The molecule has 0 saturated heterocycles. The Morgan fingerprint density at radius 1 is 0.735 bits per heavy atom. The van der Waals surface area contributed by atoms with Crippen LogP contribution in [0.4, 0.5) is 0 Å². The van der Waals surface area contributed by atoms with Gasteiger partial charge in [-0.05, 0) is 51.5 Å². The third-order valence-corrected chi connectivity index (χ3v) is 6.87. The summed E-state index contributed by atoms with van der Waals surface area (Å²) in [6.45, 7) is 7.33. The maximum atomic E-state index is 10.5. The van der Waals surface area contributed by atoms with Crippen LogP contribution in [0.3, 0.4) is 0 Å². The Labute approximate surface area is 201 Å². The predicted octanol–water partition coefficient (Wildman–Crippen LogP) is 6.26. The van der Waals surface area contributed by atoms with Crippen LogP contribution in [0.15, 0.2) is 97.1 Å². The number of para-hydroxylation sites is 2. The Kier molecular flexibility index (Phi) is 5.59. The lowest BCUT2D eigenvalue weighted by Crippen LogP contribution is -2.49. The zero-order valence-corrected chi connectivity index (χ0v) is 20.1. The van der Waals surface area contributed by atoms with Gasteiger partial charge in [0.15, 0.2) is 0 Å². The molecule has 34 heavy (non-hydrogen) atoms. The van der Waals surface area contributed by atoms with Crippen molar-refractivity contribution in [3.63, 3.8) is 0 Å². The molecule has 4 aromatic carbocycles. The molecule has 0 bridgehead atoms. The molecule has 1 heterocycles. The van der Waals surface area contributed by atoms with Crippen molar-refractivity contribution in [2.45, 2.75) is 38.9 Å². The minimum Gasteiger partial charge on any atom is -0.427 e. The van der Waals surface area contributed by atoms with Gasteiger partial charge in [0.25, 0.3) is 0 Å². The normalized spacial score (nSPS) is 12.4. The fraction of sp³-hybridized carbons (Fsp3) is 0.200. The summed E-state index contributed by atoms with van der Waals surface area (Å²) in [5.74, 6) is 0. The van der Waals surface area contributed by atoms with Crippen LogP contribution in [-0.4, -0.2) is 28.4 Å². The molecule has 5 rings (SSSR count). The van der Waals surface area contributed by atoms with Crippen molar-refractivity contribution in [3.05, 3.63) is 97.1 Å². The standard InChI is InChI=1S/C30H29BNO2/c1-29(2,33)30(3,4)34-31-22-18-19-27-26(20-22)25-17-11-16-24(21-12-7-5-8-13-21)28(25)32(27)23-14-9-6-10-15-23/h5-20,33H,1-4H3. The lowest BCUT2D eigenvalue weighted by molar-refractivity contribution is -0.0893.